The molecular formula is C17H14BrF3N4O2S. The van der Waals surface area contributed by atoms with Gasteiger partial charge in [-0.2, -0.15) is 18.3 Å². The van der Waals surface area contributed by atoms with Gasteiger partial charge >= 0.3 is 6.18 Å². The first kappa shape index (κ1) is 20.5. The Balaban J connectivity index is 2.01. The molecule has 148 valence electrons. The van der Waals surface area contributed by atoms with Gasteiger partial charge in [-0.05, 0) is 45.9 Å². The van der Waals surface area contributed by atoms with E-state index in [9.17, 15) is 18.0 Å². The van der Waals surface area contributed by atoms with Crippen LogP contribution >= 0.6 is 27.7 Å². The summed E-state index contributed by atoms with van der Waals surface area (Å²) >= 11 is 4.67. The summed E-state index contributed by atoms with van der Waals surface area (Å²) < 4.78 is 43.2. The molecule has 2 heterocycles. The quantitative estimate of drug-likeness (QED) is 0.422. The molecule has 0 saturated carbocycles. The molecule has 3 rings (SSSR count). The molecule has 0 unspecified atom stereocenters. The van der Waals surface area contributed by atoms with Crippen LogP contribution in [0.5, 0.6) is 5.75 Å². The Morgan fingerprint density at radius 3 is 2.57 bits per heavy atom. The van der Waals surface area contributed by atoms with Crippen LogP contribution in [0.1, 0.15) is 6.92 Å². The first-order valence-corrected chi connectivity index (χ1v) is 9.82. The fraction of sp³-hybridized carbons (Fsp3) is 0.235. The van der Waals surface area contributed by atoms with Crippen molar-refractivity contribution in [3.05, 3.63) is 51.5 Å². The van der Waals surface area contributed by atoms with E-state index in [2.05, 4.69) is 31.1 Å². The predicted octanol–water partition coefficient (Wildman–Crippen LogP) is 4.44. The number of rotatable bonds is 6. The number of nitrogens with zero attached hydrogens (tertiary/aromatic N) is 3. The molecule has 6 nitrogen and oxygen atoms in total. The zero-order valence-corrected chi connectivity index (χ0v) is 16.9. The van der Waals surface area contributed by atoms with Crippen molar-refractivity contribution < 1.29 is 17.9 Å². The lowest BCUT2D eigenvalue weighted by atomic mass is 10.2. The van der Waals surface area contributed by atoms with Crippen molar-refractivity contribution >= 4 is 27.7 Å². The van der Waals surface area contributed by atoms with Crippen molar-refractivity contribution in [2.75, 3.05) is 12.4 Å². The smallest absolute Gasteiger partial charge is 0.422 e. The third-order valence-corrected chi connectivity index (χ3v) is 5.08. The normalized spacial score (nSPS) is 11.6. The van der Waals surface area contributed by atoms with E-state index in [-0.39, 0.29) is 15.8 Å². The van der Waals surface area contributed by atoms with Crippen LogP contribution in [0.25, 0.3) is 16.9 Å². The summed E-state index contributed by atoms with van der Waals surface area (Å²) in [6.45, 7) is 0.546. The Bertz CT molecular complexity index is 1000. The summed E-state index contributed by atoms with van der Waals surface area (Å²) in [5.41, 5.74) is 1.24. The minimum absolute atomic E-state index is 0.0564. The van der Waals surface area contributed by atoms with Gasteiger partial charge in [-0.25, -0.2) is 4.98 Å². The maximum atomic E-state index is 13.0. The molecule has 28 heavy (non-hydrogen) atoms. The molecule has 0 bridgehead atoms. The molecule has 11 heteroatoms. The molecule has 0 spiro atoms. The minimum Gasteiger partial charge on any atom is -0.484 e. The highest BCUT2D eigenvalue weighted by atomic mass is 79.9. The number of hydrogen-bond donors (Lipinski definition) is 1. The largest absolute Gasteiger partial charge is 0.484 e. The average Bonchev–Trinajstić information content (AvgIpc) is 3.18. The summed E-state index contributed by atoms with van der Waals surface area (Å²) in [5, 5.41) is 7.01. The number of alkyl halides is 3. The standard InChI is InChI=1S/C17H14BrF3N4O2S/c1-2-28-16-24-14(10-7-22-23-8-10)13(18)15(26)25(16)11-3-5-12(6-4-11)27-9-17(19,20)21/h3-8H,2,9H2,1H3,(H,22,23). The predicted molar refractivity (Wildman–Crippen MR) is 103 cm³/mol. The SMILES string of the molecule is CCSc1nc(-c2cn[nH]c2)c(Br)c(=O)n1-c1ccc(OCC(F)(F)F)cc1. The Kier molecular flexibility index (Phi) is 6.14. The van der Waals surface area contributed by atoms with Gasteiger partial charge in [0, 0.05) is 11.8 Å². The Labute approximate surface area is 170 Å². The van der Waals surface area contributed by atoms with Gasteiger partial charge in [0.05, 0.1) is 17.6 Å². The average molecular weight is 475 g/mol. The first-order chi connectivity index (χ1) is 13.3. The maximum absolute atomic E-state index is 13.0. The summed E-state index contributed by atoms with van der Waals surface area (Å²) in [7, 11) is 0. The Morgan fingerprint density at radius 2 is 2.00 bits per heavy atom. The molecule has 0 amide bonds. The maximum Gasteiger partial charge on any atom is 0.422 e. The van der Waals surface area contributed by atoms with Crippen LogP contribution in [-0.4, -0.2) is 38.3 Å². The lowest BCUT2D eigenvalue weighted by Crippen LogP contribution is -2.23. The molecule has 1 aromatic carbocycles. The Hall–Kier alpha value is -2.27. The summed E-state index contributed by atoms with van der Waals surface area (Å²) in [6, 6.07) is 5.79. The van der Waals surface area contributed by atoms with Gasteiger partial charge in [0.1, 0.15) is 10.2 Å². The number of H-pyrrole nitrogens is 1. The molecule has 2 aromatic heterocycles. The highest BCUT2D eigenvalue weighted by Gasteiger charge is 2.28. The topological polar surface area (TPSA) is 72.8 Å². The van der Waals surface area contributed by atoms with Crippen LogP contribution in [0, 0.1) is 0 Å². The molecule has 0 fully saturated rings. The lowest BCUT2D eigenvalue weighted by molar-refractivity contribution is -0.153. The molecule has 0 aliphatic carbocycles. The van der Waals surface area contributed by atoms with E-state index < -0.39 is 12.8 Å². The number of hydrogen-bond acceptors (Lipinski definition) is 5. The second-order valence-corrected chi connectivity index (χ2v) is 7.54. The van der Waals surface area contributed by atoms with Gasteiger partial charge in [-0.15, -0.1) is 0 Å². The number of benzene rings is 1. The third-order valence-electron chi connectivity index (χ3n) is 3.54. The molecule has 0 atom stereocenters. The van der Waals surface area contributed by atoms with Crippen molar-refractivity contribution in [2.45, 2.75) is 18.3 Å². The number of aromatic nitrogens is 4. The third kappa shape index (κ3) is 4.58. The number of halogens is 4. The number of thioether (sulfide) groups is 1. The monoisotopic (exact) mass is 474 g/mol. The molecule has 0 saturated heterocycles. The first-order valence-electron chi connectivity index (χ1n) is 8.04. The van der Waals surface area contributed by atoms with E-state index in [1.54, 1.807) is 12.4 Å². The van der Waals surface area contributed by atoms with E-state index in [1.807, 2.05) is 6.92 Å². The van der Waals surface area contributed by atoms with Gasteiger partial charge in [0.2, 0.25) is 0 Å². The van der Waals surface area contributed by atoms with Crippen molar-refractivity contribution in [1.29, 1.82) is 0 Å². The van der Waals surface area contributed by atoms with Gasteiger partial charge in [-0.3, -0.25) is 14.5 Å². The zero-order valence-electron chi connectivity index (χ0n) is 14.5. The summed E-state index contributed by atoms with van der Waals surface area (Å²) in [5.74, 6) is 0.729. The highest BCUT2D eigenvalue weighted by molar-refractivity contribution is 9.10. The van der Waals surface area contributed by atoms with Crippen molar-refractivity contribution in [3.63, 3.8) is 0 Å². The molecule has 0 aliphatic heterocycles. The van der Waals surface area contributed by atoms with Gasteiger partial charge < -0.3 is 4.74 Å². The lowest BCUT2D eigenvalue weighted by Gasteiger charge is -2.15. The highest BCUT2D eigenvalue weighted by Crippen LogP contribution is 2.28. The second-order valence-electron chi connectivity index (χ2n) is 5.52. The van der Waals surface area contributed by atoms with Gasteiger partial charge in [0.25, 0.3) is 5.56 Å². The van der Waals surface area contributed by atoms with Crippen LogP contribution < -0.4 is 10.3 Å². The van der Waals surface area contributed by atoms with E-state index >= 15 is 0 Å². The van der Waals surface area contributed by atoms with E-state index in [0.717, 1.165) is 0 Å². The minimum atomic E-state index is -4.42. The second kappa shape index (κ2) is 8.39. The number of aromatic amines is 1. The molecular weight excluding hydrogens is 461 g/mol. The molecule has 3 aromatic rings. The summed E-state index contributed by atoms with van der Waals surface area (Å²) in [4.78, 5) is 17.5. The number of nitrogens with one attached hydrogen (secondary N) is 1. The fourth-order valence-electron chi connectivity index (χ4n) is 2.36. The van der Waals surface area contributed by atoms with Crippen LogP contribution in [0.15, 0.2) is 51.1 Å². The van der Waals surface area contributed by atoms with Crippen LogP contribution in [0.2, 0.25) is 0 Å². The fourth-order valence-corrected chi connectivity index (χ4v) is 3.59. The van der Waals surface area contributed by atoms with Crippen LogP contribution in [-0.2, 0) is 0 Å². The van der Waals surface area contributed by atoms with E-state index in [4.69, 9.17) is 4.74 Å². The van der Waals surface area contributed by atoms with E-state index in [0.29, 0.717) is 27.9 Å². The molecule has 0 radical (unpaired) electrons. The van der Waals surface area contributed by atoms with Crippen molar-refractivity contribution in [2.24, 2.45) is 0 Å². The van der Waals surface area contributed by atoms with Crippen LogP contribution in [0.3, 0.4) is 0 Å². The summed E-state index contributed by atoms with van der Waals surface area (Å²) in [6.07, 6.45) is -1.23. The van der Waals surface area contributed by atoms with Gasteiger partial charge in [0.15, 0.2) is 11.8 Å². The molecule has 0 aliphatic rings. The molecule has 1 N–H and O–H groups in total. The Morgan fingerprint density at radius 1 is 1.29 bits per heavy atom. The van der Waals surface area contributed by atoms with Crippen LogP contribution in [0.4, 0.5) is 13.2 Å². The number of ether oxygens (including phenoxy) is 1. The van der Waals surface area contributed by atoms with E-state index in [1.165, 1.54) is 40.6 Å². The van der Waals surface area contributed by atoms with Crippen molar-refractivity contribution in [1.82, 2.24) is 19.7 Å². The van der Waals surface area contributed by atoms with Crippen molar-refractivity contribution in [3.8, 4) is 22.7 Å². The van der Waals surface area contributed by atoms with Gasteiger partial charge in [-0.1, -0.05) is 18.7 Å². The zero-order chi connectivity index (χ0) is 20.3.